The summed E-state index contributed by atoms with van der Waals surface area (Å²) in [6, 6.07) is 12.7. The molecule has 0 aromatic heterocycles. The molecule has 0 fully saturated rings. The van der Waals surface area contributed by atoms with Crippen LogP contribution in [0.3, 0.4) is 0 Å². The molecule has 0 aliphatic rings. The Bertz CT molecular complexity index is 717. The summed E-state index contributed by atoms with van der Waals surface area (Å²) in [5.41, 5.74) is 2.75. The number of anilines is 1. The number of amides is 2. The lowest BCUT2D eigenvalue weighted by Gasteiger charge is -2.04. The van der Waals surface area contributed by atoms with Crippen molar-refractivity contribution in [3.63, 3.8) is 0 Å². The standard InChI is InChI=1S/C15H11BrFN3O2/c16-11-7-5-10(6-8-11)9-18-20-15(22)14(21)19-13-4-2-1-3-12(13)17/h1-9H,(H,19,21)(H,20,22)/b18-9+. The molecule has 2 aromatic rings. The summed E-state index contributed by atoms with van der Waals surface area (Å²) in [5.74, 6) is -2.61. The number of rotatable bonds is 3. The van der Waals surface area contributed by atoms with Crippen molar-refractivity contribution in [1.82, 2.24) is 5.43 Å². The molecule has 0 heterocycles. The number of hydrogen-bond acceptors (Lipinski definition) is 3. The van der Waals surface area contributed by atoms with E-state index in [1.165, 1.54) is 24.4 Å². The van der Waals surface area contributed by atoms with Crippen molar-refractivity contribution in [2.45, 2.75) is 0 Å². The van der Waals surface area contributed by atoms with Crippen LogP contribution in [0.4, 0.5) is 10.1 Å². The van der Waals surface area contributed by atoms with E-state index in [0.717, 1.165) is 10.0 Å². The van der Waals surface area contributed by atoms with Gasteiger partial charge in [0.1, 0.15) is 5.82 Å². The predicted octanol–water partition coefficient (Wildman–Crippen LogP) is 2.68. The van der Waals surface area contributed by atoms with Crippen molar-refractivity contribution in [3.05, 3.63) is 64.4 Å². The number of nitrogens with zero attached hydrogens (tertiary/aromatic N) is 1. The summed E-state index contributed by atoms with van der Waals surface area (Å²) < 4.78 is 14.3. The van der Waals surface area contributed by atoms with Crippen LogP contribution in [0.15, 0.2) is 58.1 Å². The average molecular weight is 364 g/mol. The number of nitrogens with one attached hydrogen (secondary N) is 2. The van der Waals surface area contributed by atoms with Crippen molar-refractivity contribution < 1.29 is 14.0 Å². The highest BCUT2D eigenvalue weighted by molar-refractivity contribution is 9.10. The lowest BCUT2D eigenvalue weighted by molar-refractivity contribution is -0.136. The lowest BCUT2D eigenvalue weighted by atomic mass is 10.2. The van der Waals surface area contributed by atoms with Crippen LogP contribution in [0, 0.1) is 5.82 Å². The van der Waals surface area contributed by atoms with E-state index >= 15 is 0 Å². The van der Waals surface area contributed by atoms with Crippen molar-refractivity contribution in [3.8, 4) is 0 Å². The number of benzene rings is 2. The topological polar surface area (TPSA) is 70.6 Å². The first-order chi connectivity index (χ1) is 10.6. The van der Waals surface area contributed by atoms with E-state index in [1.54, 1.807) is 18.2 Å². The molecular formula is C15H11BrFN3O2. The third-order valence-electron chi connectivity index (χ3n) is 2.58. The van der Waals surface area contributed by atoms with Gasteiger partial charge >= 0.3 is 11.8 Å². The molecule has 0 aliphatic carbocycles. The zero-order valence-electron chi connectivity index (χ0n) is 11.2. The van der Waals surface area contributed by atoms with Gasteiger partial charge in [-0.1, -0.05) is 40.2 Å². The Labute approximate surface area is 134 Å². The predicted molar refractivity (Wildman–Crippen MR) is 84.9 cm³/mol. The highest BCUT2D eigenvalue weighted by Gasteiger charge is 2.14. The third-order valence-corrected chi connectivity index (χ3v) is 3.11. The van der Waals surface area contributed by atoms with Gasteiger partial charge in [-0.2, -0.15) is 5.10 Å². The van der Waals surface area contributed by atoms with Gasteiger partial charge in [-0.25, -0.2) is 9.82 Å². The molecule has 22 heavy (non-hydrogen) atoms. The molecule has 0 aliphatic heterocycles. The van der Waals surface area contributed by atoms with Gasteiger partial charge in [-0.15, -0.1) is 0 Å². The normalized spacial score (nSPS) is 10.5. The maximum Gasteiger partial charge on any atom is 0.329 e. The van der Waals surface area contributed by atoms with Gasteiger partial charge in [0, 0.05) is 4.47 Å². The minimum Gasteiger partial charge on any atom is -0.315 e. The molecule has 7 heteroatoms. The molecule has 2 amide bonds. The summed E-state index contributed by atoms with van der Waals surface area (Å²) in [6.45, 7) is 0. The Morgan fingerprint density at radius 1 is 1.05 bits per heavy atom. The third kappa shape index (κ3) is 4.49. The minimum atomic E-state index is -1.00. The van der Waals surface area contributed by atoms with E-state index in [-0.39, 0.29) is 5.69 Å². The second kappa shape index (κ2) is 7.46. The van der Waals surface area contributed by atoms with Crippen LogP contribution >= 0.6 is 15.9 Å². The molecule has 2 aromatic carbocycles. The van der Waals surface area contributed by atoms with Crippen molar-refractivity contribution in [2.24, 2.45) is 5.10 Å². The zero-order valence-corrected chi connectivity index (χ0v) is 12.8. The van der Waals surface area contributed by atoms with E-state index in [9.17, 15) is 14.0 Å². The quantitative estimate of drug-likeness (QED) is 0.500. The van der Waals surface area contributed by atoms with Gasteiger partial charge in [-0.3, -0.25) is 9.59 Å². The van der Waals surface area contributed by atoms with Gasteiger partial charge < -0.3 is 5.32 Å². The van der Waals surface area contributed by atoms with Gasteiger partial charge in [-0.05, 0) is 29.8 Å². The van der Waals surface area contributed by atoms with Crippen molar-refractivity contribution >= 4 is 39.6 Å². The van der Waals surface area contributed by atoms with Crippen LogP contribution in [0.5, 0.6) is 0 Å². The molecular weight excluding hydrogens is 353 g/mol. The van der Waals surface area contributed by atoms with E-state index in [2.05, 4.69) is 31.8 Å². The second-order valence-corrected chi connectivity index (χ2v) is 5.10. The Balaban J connectivity index is 1.90. The smallest absolute Gasteiger partial charge is 0.315 e. The molecule has 2 rings (SSSR count). The number of para-hydroxylation sites is 1. The molecule has 0 spiro atoms. The van der Waals surface area contributed by atoms with Crippen LogP contribution in [0.25, 0.3) is 0 Å². The molecule has 5 nitrogen and oxygen atoms in total. The maximum atomic E-state index is 13.3. The SMILES string of the molecule is O=C(N/N=C/c1ccc(Br)cc1)C(=O)Nc1ccccc1F. The second-order valence-electron chi connectivity index (χ2n) is 4.18. The summed E-state index contributed by atoms with van der Waals surface area (Å²) in [4.78, 5) is 23.1. The fourth-order valence-electron chi connectivity index (χ4n) is 1.51. The zero-order chi connectivity index (χ0) is 15.9. The fourth-order valence-corrected chi connectivity index (χ4v) is 1.77. The van der Waals surface area contributed by atoms with Crippen molar-refractivity contribution in [2.75, 3.05) is 5.32 Å². The van der Waals surface area contributed by atoms with Crippen LogP contribution < -0.4 is 10.7 Å². The van der Waals surface area contributed by atoms with Crippen LogP contribution in [0.1, 0.15) is 5.56 Å². The van der Waals surface area contributed by atoms with Gasteiger partial charge in [0.2, 0.25) is 0 Å². The molecule has 112 valence electrons. The Morgan fingerprint density at radius 3 is 2.41 bits per heavy atom. The van der Waals surface area contributed by atoms with E-state index < -0.39 is 17.6 Å². The van der Waals surface area contributed by atoms with E-state index in [1.807, 2.05) is 12.1 Å². The first-order valence-corrected chi connectivity index (χ1v) is 7.00. The summed E-state index contributed by atoms with van der Waals surface area (Å²) in [6.07, 6.45) is 1.39. The molecule has 0 radical (unpaired) electrons. The minimum absolute atomic E-state index is 0.0699. The molecule has 2 N–H and O–H groups in total. The Hall–Kier alpha value is -2.54. The monoisotopic (exact) mass is 363 g/mol. The van der Waals surface area contributed by atoms with Crippen LogP contribution in [-0.4, -0.2) is 18.0 Å². The number of halogens is 2. The maximum absolute atomic E-state index is 13.3. The number of carbonyl (C=O) groups is 2. The molecule has 0 saturated heterocycles. The first kappa shape index (κ1) is 15.8. The highest BCUT2D eigenvalue weighted by Crippen LogP contribution is 2.12. The lowest BCUT2D eigenvalue weighted by Crippen LogP contribution is -2.32. The number of carbonyl (C=O) groups excluding carboxylic acids is 2. The first-order valence-electron chi connectivity index (χ1n) is 6.21. The Kier molecular flexibility index (Phi) is 5.37. The molecule has 0 unspecified atom stereocenters. The number of hydrogen-bond donors (Lipinski definition) is 2. The van der Waals surface area contributed by atoms with Gasteiger partial charge in [0.15, 0.2) is 0 Å². The van der Waals surface area contributed by atoms with Gasteiger partial charge in [0.25, 0.3) is 0 Å². The Morgan fingerprint density at radius 2 is 1.73 bits per heavy atom. The average Bonchev–Trinajstić information content (AvgIpc) is 2.51. The molecule has 0 saturated carbocycles. The fraction of sp³-hybridized carbons (Fsp3) is 0. The van der Waals surface area contributed by atoms with Crippen LogP contribution in [0.2, 0.25) is 0 Å². The molecule has 0 atom stereocenters. The summed E-state index contributed by atoms with van der Waals surface area (Å²) in [7, 11) is 0. The largest absolute Gasteiger partial charge is 0.329 e. The highest BCUT2D eigenvalue weighted by atomic mass is 79.9. The van der Waals surface area contributed by atoms with Gasteiger partial charge in [0.05, 0.1) is 11.9 Å². The van der Waals surface area contributed by atoms with Crippen LogP contribution in [-0.2, 0) is 9.59 Å². The summed E-state index contributed by atoms with van der Waals surface area (Å²) >= 11 is 3.30. The van der Waals surface area contributed by atoms with Crippen molar-refractivity contribution in [1.29, 1.82) is 0 Å². The van der Waals surface area contributed by atoms with E-state index in [0.29, 0.717) is 0 Å². The molecule has 0 bridgehead atoms. The van der Waals surface area contributed by atoms with E-state index in [4.69, 9.17) is 0 Å². The summed E-state index contributed by atoms with van der Waals surface area (Å²) in [5, 5.41) is 5.82. The number of hydrazone groups is 1.